The minimum Gasteiger partial charge on any atom is -0.400 e. The van der Waals surface area contributed by atoms with Gasteiger partial charge in [0, 0.05) is 41.6 Å². The molecule has 0 radical (unpaired) electrons. The molecule has 0 aliphatic carbocycles. The van der Waals surface area contributed by atoms with E-state index in [2.05, 4.69) is 6.92 Å². The van der Waals surface area contributed by atoms with Gasteiger partial charge >= 0.3 is 18.1 Å². The fourth-order valence-electron chi connectivity index (χ4n) is 1.89. The molecule has 5 nitrogen and oxygen atoms in total. The highest BCUT2D eigenvalue weighted by Gasteiger charge is 2.37. The third kappa shape index (κ3) is 5.60. The van der Waals surface area contributed by atoms with E-state index in [-0.39, 0.29) is 0 Å². The van der Waals surface area contributed by atoms with Crippen LogP contribution in [0.5, 0.6) is 0 Å². The predicted molar refractivity (Wildman–Crippen MR) is 71.4 cm³/mol. The summed E-state index contributed by atoms with van der Waals surface area (Å²) in [5, 5.41) is 0. The molecule has 0 spiro atoms. The highest BCUT2D eigenvalue weighted by molar-refractivity contribution is 6.60. The maximum Gasteiger partial charge on any atom is 0.500 e. The molecule has 0 rings (SSSR count). The van der Waals surface area contributed by atoms with Gasteiger partial charge in [0.15, 0.2) is 0 Å². The average Bonchev–Trinajstić information content (AvgIpc) is 2.37. The van der Waals surface area contributed by atoms with Crippen LogP contribution in [0.2, 0.25) is 11.6 Å². The van der Waals surface area contributed by atoms with Gasteiger partial charge in [0.05, 0.1) is 0 Å². The lowest BCUT2D eigenvalue weighted by Crippen LogP contribution is -2.42. The van der Waals surface area contributed by atoms with Crippen LogP contribution < -0.4 is 0 Å². The molecule has 1 unspecified atom stereocenters. The zero-order valence-electron chi connectivity index (χ0n) is 11.8. The summed E-state index contributed by atoms with van der Waals surface area (Å²) in [5.74, 6) is 0. The Balaban J connectivity index is 4.03. The molecule has 0 saturated carbocycles. The molecule has 0 bridgehead atoms. The molecule has 0 fully saturated rings. The quantitative estimate of drug-likeness (QED) is 0.569. The van der Waals surface area contributed by atoms with E-state index in [1.165, 1.54) is 0 Å². The Kier molecular flexibility index (Phi) is 9.33. The van der Waals surface area contributed by atoms with E-state index in [1.807, 2.05) is 0 Å². The van der Waals surface area contributed by atoms with Gasteiger partial charge < -0.3 is 22.1 Å². The van der Waals surface area contributed by atoms with E-state index in [1.54, 1.807) is 35.5 Å². The van der Waals surface area contributed by atoms with Crippen molar-refractivity contribution in [1.82, 2.24) is 0 Å². The fraction of sp³-hybridized carbons (Fsp3) is 1.00. The van der Waals surface area contributed by atoms with Gasteiger partial charge in [0.25, 0.3) is 0 Å². The van der Waals surface area contributed by atoms with Gasteiger partial charge in [-0.2, -0.15) is 0 Å². The molecule has 0 aromatic heterocycles. The van der Waals surface area contributed by atoms with Crippen molar-refractivity contribution in [1.29, 1.82) is 0 Å². The van der Waals surface area contributed by atoms with Crippen LogP contribution in [0.15, 0.2) is 0 Å². The van der Waals surface area contributed by atoms with Gasteiger partial charge in [-0.05, 0) is 18.4 Å². The van der Waals surface area contributed by atoms with Crippen LogP contribution in [0.1, 0.15) is 19.8 Å². The van der Waals surface area contributed by atoms with E-state index in [0.717, 1.165) is 18.9 Å². The Morgan fingerprint density at radius 3 is 1.76 bits per heavy atom. The Morgan fingerprint density at radius 2 is 1.41 bits per heavy atom. The molecule has 0 aromatic rings. The summed E-state index contributed by atoms with van der Waals surface area (Å²) in [6.45, 7) is 2.17. The minimum absolute atomic E-state index is 0.474. The van der Waals surface area contributed by atoms with E-state index < -0.39 is 18.1 Å². The van der Waals surface area contributed by atoms with Crippen molar-refractivity contribution in [2.45, 2.75) is 31.4 Å². The van der Waals surface area contributed by atoms with Gasteiger partial charge in [-0.1, -0.05) is 6.92 Å². The van der Waals surface area contributed by atoms with Crippen molar-refractivity contribution in [3.05, 3.63) is 0 Å². The second-order valence-electron chi connectivity index (χ2n) is 4.00. The minimum atomic E-state index is -2.41. The third-order valence-corrected chi connectivity index (χ3v) is 8.03. The number of hydrogen-bond acceptors (Lipinski definition) is 5. The van der Waals surface area contributed by atoms with E-state index in [4.69, 9.17) is 22.1 Å². The molecule has 0 aromatic carbocycles. The van der Waals surface area contributed by atoms with Crippen molar-refractivity contribution in [2.24, 2.45) is 0 Å². The zero-order valence-corrected chi connectivity index (χ0v) is 14.0. The molecule has 7 heteroatoms. The van der Waals surface area contributed by atoms with E-state index >= 15 is 0 Å². The lowest BCUT2D eigenvalue weighted by Gasteiger charge is -2.25. The second-order valence-corrected chi connectivity index (χ2v) is 9.91. The fourth-order valence-corrected chi connectivity index (χ4v) is 5.27. The van der Waals surface area contributed by atoms with Gasteiger partial charge in [-0.3, -0.25) is 0 Å². The topological polar surface area (TPSA) is 46.2 Å². The molecular formula is C10H26O5Si2. The summed E-state index contributed by atoms with van der Waals surface area (Å²) in [6, 6.07) is 0.829. The average molecular weight is 282 g/mol. The first-order chi connectivity index (χ1) is 8.09. The maximum absolute atomic E-state index is 5.37. The first-order valence-corrected chi connectivity index (χ1v) is 9.34. The van der Waals surface area contributed by atoms with Crippen LogP contribution in [-0.4, -0.2) is 53.6 Å². The Labute approximate surface area is 108 Å². The zero-order chi connectivity index (χ0) is 13.3. The van der Waals surface area contributed by atoms with Gasteiger partial charge in [0.1, 0.15) is 0 Å². The lowest BCUT2D eigenvalue weighted by atomic mass is 10.3. The van der Waals surface area contributed by atoms with Crippen LogP contribution in [0, 0.1) is 0 Å². The van der Waals surface area contributed by atoms with Crippen molar-refractivity contribution in [3.63, 3.8) is 0 Å². The van der Waals surface area contributed by atoms with Gasteiger partial charge in [0.2, 0.25) is 0 Å². The molecule has 1 atom stereocenters. The van der Waals surface area contributed by atoms with Crippen LogP contribution in [0.4, 0.5) is 0 Å². The largest absolute Gasteiger partial charge is 0.500 e. The highest BCUT2D eigenvalue weighted by atomic mass is 28.4. The molecule has 0 aliphatic heterocycles. The molecule has 0 N–H and O–H groups in total. The Bertz CT molecular complexity index is 177. The lowest BCUT2D eigenvalue weighted by molar-refractivity contribution is 0.122. The summed E-state index contributed by atoms with van der Waals surface area (Å²) in [6.07, 6.45) is 2.04. The third-order valence-electron chi connectivity index (χ3n) is 3.00. The summed E-state index contributed by atoms with van der Waals surface area (Å²) < 4.78 is 26.8. The summed E-state index contributed by atoms with van der Waals surface area (Å²) in [4.78, 5) is 0. The van der Waals surface area contributed by atoms with Crippen LogP contribution in [0.3, 0.4) is 0 Å². The van der Waals surface area contributed by atoms with Crippen molar-refractivity contribution in [3.8, 4) is 0 Å². The maximum atomic E-state index is 5.37. The van der Waals surface area contributed by atoms with Crippen LogP contribution in [-0.2, 0) is 22.1 Å². The number of hydrogen-bond donors (Lipinski definition) is 0. The van der Waals surface area contributed by atoms with Gasteiger partial charge in [-0.15, -0.1) is 0 Å². The first kappa shape index (κ1) is 17.2. The normalized spacial score (nSPS) is 14.3. The van der Waals surface area contributed by atoms with Crippen LogP contribution in [0.25, 0.3) is 0 Å². The molecular weight excluding hydrogens is 256 g/mol. The summed E-state index contributed by atoms with van der Waals surface area (Å²) in [5.41, 5.74) is 0.474. The first-order valence-electron chi connectivity index (χ1n) is 5.80. The molecule has 0 heterocycles. The predicted octanol–water partition coefficient (Wildman–Crippen LogP) is 1.55. The SMILES string of the molecule is CO[SiH](OC)C(C)CCC[Si](OC)(OC)OC. The molecule has 104 valence electrons. The number of rotatable bonds is 10. The Hall–Kier alpha value is 0.234. The van der Waals surface area contributed by atoms with Gasteiger partial charge in [-0.25, -0.2) is 0 Å². The van der Waals surface area contributed by atoms with E-state index in [0.29, 0.717) is 5.54 Å². The van der Waals surface area contributed by atoms with Crippen molar-refractivity contribution >= 4 is 18.1 Å². The molecule has 0 saturated heterocycles. The van der Waals surface area contributed by atoms with Crippen molar-refractivity contribution < 1.29 is 22.1 Å². The molecule has 0 amide bonds. The smallest absolute Gasteiger partial charge is 0.400 e. The summed E-state index contributed by atoms with van der Waals surface area (Å²) in [7, 11) is 4.45. The molecule has 0 aliphatic rings. The summed E-state index contributed by atoms with van der Waals surface area (Å²) >= 11 is 0. The monoisotopic (exact) mass is 282 g/mol. The van der Waals surface area contributed by atoms with Crippen molar-refractivity contribution in [2.75, 3.05) is 35.5 Å². The van der Waals surface area contributed by atoms with E-state index in [9.17, 15) is 0 Å². The Morgan fingerprint density at radius 1 is 0.941 bits per heavy atom. The second kappa shape index (κ2) is 9.20. The standard InChI is InChI=1S/C10H26O5Si2/c1-10(16(11-2)12-3)8-7-9-17(13-4,14-5)15-6/h10,16H,7-9H2,1-6H3. The van der Waals surface area contributed by atoms with Crippen LogP contribution >= 0.6 is 0 Å². The molecule has 17 heavy (non-hydrogen) atoms. The highest BCUT2D eigenvalue weighted by Crippen LogP contribution is 2.23.